The van der Waals surface area contributed by atoms with Crippen molar-refractivity contribution in [2.75, 3.05) is 0 Å². The van der Waals surface area contributed by atoms with Crippen LogP contribution in [-0.4, -0.2) is 19.7 Å². The second kappa shape index (κ2) is 2.78. The number of fused-ring (bicyclic) bond motifs is 1. The number of aliphatic hydroxyl groups is 1. The fourth-order valence-electron chi connectivity index (χ4n) is 1.29. The fourth-order valence-corrected chi connectivity index (χ4v) is 1.29. The summed E-state index contributed by atoms with van der Waals surface area (Å²) in [5, 5.41) is 14.0. The molecule has 0 aliphatic carbocycles. The molecule has 0 radical (unpaired) electrons. The Labute approximate surface area is 82.2 Å². The monoisotopic (exact) mass is 191 g/mol. The first kappa shape index (κ1) is 9.15. The summed E-state index contributed by atoms with van der Waals surface area (Å²) >= 11 is 0. The van der Waals surface area contributed by atoms with E-state index in [0.717, 1.165) is 11.3 Å². The van der Waals surface area contributed by atoms with Crippen molar-refractivity contribution in [1.29, 1.82) is 0 Å². The Hall–Kier alpha value is -1.42. The normalized spacial score (nSPS) is 12.3. The van der Waals surface area contributed by atoms with Crippen molar-refractivity contribution in [3.63, 3.8) is 0 Å². The van der Waals surface area contributed by atoms with E-state index >= 15 is 0 Å². The van der Waals surface area contributed by atoms with Crippen LogP contribution in [0, 0.1) is 6.92 Å². The molecule has 0 aliphatic rings. The molecule has 0 aromatic carbocycles. The lowest BCUT2D eigenvalue weighted by atomic mass is 10.1. The van der Waals surface area contributed by atoms with Crippen LogP contribution in [0.4, 0.5) is 0 Å². The van der Waals surface area contributed by atoms with Crippen molar-refractivity contribution in [3.8, 4) is 0 Å². The van der Waals surface area contributed by atoms with Crippen molar-refractivity contribution in [3.05, 3.63) is 29.7 Å². The molecular weight excluding hydrogens is 178 g/mol. The Bertz CT molecular complexity index is 468. The lowest BCUT2D eigenvalue weighted by Gasteiger charge is -2.10. The topological polar surface area (TPSA) is 50.4 Å². The highest BCUT2D eigenvalue weighted by Gasteiger charge is 2.21. The summed E-state index contributed by atoms with van der Waals surface area (Å²) in [5.41, 5.74) is 0.783. The number of aryl methyl sites for hydroxylation is 1. The third-order valence-electron chi connectivity index (χ3n) is 2.10. The quantitative estimate of drug-likeness (QED) is 0.738. The van der Waals surface area contributed by atoms with Gasteiger partial charge in [0.15, 0.2) is 11.5 Å². The summed E-state index contributed by atoms with van der Waals surface area (Å²) < 4.78 is 1.73. The first-order valence-electron chi connectivity index (χ1n) is 4.54. The zero-order valence-electron chi connectivity index (χ0n) is 8.52. The highest BCUT2D eigenvalue weighted by atomic mass is 16.3. The number of nitrogens with zero attached hydrogens (tertiary/aromatic N) is 3. The molecule has 2 aromatic rings. The van der Waals surface area contributed by atoms with Gasteiger partial charge in [0, 0.05) is 5.69 Å². The van der Waals surface area contributed by atoms with Crippen LogP contribution in [0.25, 0.3) is 5.65 Å². The second-order valence-electron chi connectivity index (χ2n) is 3.93. The molecule has 0 saturated carbocycles. The van der Waals surface area contributed by atoms with E-state index in [4.69, 9.17) is 0 Å². The molecule has 0 aliphatic heterocycles. The van der Waals surface area contributed by atoms with Crippen molar-refractivity contribution < 1.29 is 5.11 Å². The Balaban J connectivity index is 2.69. The Morgan fingerprint density at radius 3 is 2.64 bits per heavy atom. The van der Waals surface area contributed by atoms with E-state index in [9.17, 15) is 5.11 Å². The van der Waals surface area contributed by atoms with E-state index in [1.54, 1.807) is 18.4 Å². The summed E-state index contributed by atoms with van der Waals surface area (Å²) in [6, 6.07) is 5.75. The molecular formula is C10H13N3O. The number of pyridine rings is 1. The molecule has 4 heteroatoms. The molecule has 2 aromatic heterocycles. The minimum absolute atomic E-state index is 0.451. The standard InChI is InChI=1S/C10H13N3O/c1-7-5-4-6-8-11-9(10(2,3)14)12-13(7)8/h4-6,14H,1-3H3. The maximum atomic E-state index is 9.74. The van der Waals surface area contributed by atoms with Gasteiger partial charge >= 0.3 is 0 Å². The zero-order chi connectivity index (χ0) is 10.3. The second-order valence-corrected chi connectivity index (χ2v) is 3.93. The van der Waals surface area contributed by atoms with Gasteiger partial charge in [0.2, 0.25) is 0 Å². The van der Waals surface area contributed by atoms with Crippen molar-refractivity contribution in [1.82, 2.24) is 14.6 Å². The van der Waals surface area contributed by atoms with Crippen molar-refractivity contribution in [2.24, 2.45) is 0 Å². The van der Waals surface area contributed by atoms with E-state index in [-0.39, 0.29) is 0 Å². The fraction of sp³-hybridized carbons (Fsp3) is 0.400. The molecule has 0 unspecified atom stereocenters. The first-order chi connectivity index (χ1) is 6.48. The van der Waals surface area contributed by atoms with Crippen LogP contribution in [0.3, 0.4) is 0 Å². The molecule has 14 heavy (non-hydrogen) atoms. The lowest BCUT2D eigenvalue weighted by molar-refractivity contribution is 0.0690. The number of aromatic nitrogens is 3. The van der Waals surface area contributed by atoms with Crippen LogP contribution in [0.5, 0.6) is 0 Å². The Morgan fingerprint density at radius 1 is 1.36 bits per heavy atom. The van der Waals surface area contributed by atoms with Crippen LogP contribution in [0.2, 0.25) is 0 Å². The van der Waals surface area contributed by atoms with Crippen molar-refractivity contribution >= 4 is 5.65 Å². The molecule has 0 bridgehead atoms. The SMILES string of the molecule is Cc1cccc2nc(C(C)(C)O)nn12. The lowest BCUT2D eigenvalue weighted by Crippen LogP contribution is -2.17. The van der Waals surface area contributed by atoms with E-state index in [2.05, 4.69) is 10.1 Å². The highest BCUT2D eigenvalue weighted by Crippen LogP contribution is 2.16. The average molecular weight is 191 g/mol. The predicted octanol–water partition coefficient (Wildman–Crippen LogP) is 1.27. The molecule has 0 saturated heterocycles. The van der Waals surface area contributed by atoms with Gasteiger partial charge in [-0.2, -0.15) is 0 Å². The van der Waals surface area contributed by atoms with E-state index < -0.39 is 5.60 Å². The Kier molecular flexibility index (Phi) is 1.82. The van der Waals surface area contributed by atoms with Crippen LogP contribution in [0.1, 0.15) is 25.4 Å². The number of hydrogen-bond donors (Lipinski definition) is 1. The average Bonchev–Trinajstić information content (AvgIpc) is 2.48. The van der Waals surface area contributed by atoms with Crippen LogP contribution >= 0.6 is 0 Å². The van der Waals surface area contributed by atoms with Gasteiger partial charge in [-0.15, -0.1) is 5.10 Å². The van der Waals surface area contributed by atoms with E-state index in [1.165, 1.54) is 0 Å². The van der Waals surface area contributed by atoms with E-state index in [0.29, 0.717) is 5.82 Å². The maximum absolute atomic E-state index is 9.74. The maximum Gasteiger partial charge on any atom is 0.182 e. The number of rotatable bonds is 1. The molecule has 0 atom stereocenters. The van der Waals surface area contributed by atoms with Gasteiger partial charge < -0.3 is 5.11 Å². The predicted molar refractivity (Wildman–Crippen MR) is 53.0 cm³/mol. The largest absolute Gasteiger partial charge is 0.382 e. The molecule has 0 spiro atoms. The summed E-state index contributed by atoms with van der Waals surface area (Å²) in [7, 11) is 0. The van der Waals surface area contributed by atoms with Gasteiger partial charge in [-0.3, -0.25) is 0 Å². The third kappa shape index (κ3) is 1.37. The van der Waals surface area contributed by atoms with Crippen LogP contribution in [0.15, 0.2) is 18.2 Å². The zero-order valence-corrected chi connectivity index (χ0v) is 8.52. The van der Waals surface area contributed by atoms with Gasteiger partial charge in [0.05, 0.1) is 0 Å². The summed E-state index contributed by atoms with van der Waals surface area (Å²) in [5.74, 6) is 0.451. The third-order valence-corrected chi connectivity index (χ3v) is 2.10. The van der Waals surface area contributed by atoms with Gasteiger partial charge in [-0.05, 0) is 32.9 Å². The molecule has 0 fully saturated rings. The minimum Gasteiger partial charge on any atom is -0.382 e. The highest BCUT2D eigenvalue weighted by molar-refractivity contribution is 5.39. The van der Waals surface area contributed by atoms with Crippen LogP contribution < -0.4 is 0 Å². The van der Waals surface area contributed by atoms with E-state index in [1.807, 2.05) is 25.1 Å². The van der Waals surface area contributed by atoms with Crippen molar-refractivity contribution in [2.45, 2.75) is 26.4 Å². The molecule has 2 rings (SSSR count). The summed E-state index contributed by atoms with van der Waals surface area (Å²) in [4.78, 5) is 4.25. The summed E-state index contributed by atoms with van der Waals surface area (Å²) in [6.45, 7) is 5.31. The van der Waals surface area contributed by atoms with Gasteiger partial charge in [-0.1, -0.05) is 6.07 Å². The smallest absolute Gasteiger partial charge is 0.182 e. The molecule has 2 heterocycles. The molecule has 1 N–H and O–H groups in total. The number of hydrogen-bond acceptors (Lipinski definition) is 3. The van der Waals surface area contributed by atoms with Crippen LogP contribution in [-0.2, 0) is 5.60 Å². The summed E-state index contributed by atoms with van der Waals surface area (Å²) in [6.07, 6.45) is 0. The molecule has 4 nitrogen and oxygen atoms in total. The van der Waals surface area contributed by atoms with Gasteiger partial charge in [0.1, 0.15) is 5.60 Å². The Morgan fingerprint density at radius 2 is 2.07 bits per heavy atom. The minimum atomic E-state index is -0.988. The molecule has 74 valence electrons. The van der Waals surface area contributed by atoms with Gasteiger partial charge in [0.25, 0.3) is 0 Å². The first-order valence-corrected chi connectivity index (χ1v) is 4.54. The van der Waals surface area contributed by atoms with Gasteiger partial charge in [-0.25, -0.2) is 9.50 Å². The molecule has 0 amide bonds.